The molecular weight excluding hydrogens is 260 g/mol. The first-order valence-corrected chi connectivity index (χ1v) is 7.15. The van der Waals surface area contributed by atoms with Gasteiger partial charge in [-0.3, -0.25) is 0 Å². The van der Waals surface area contributed by atoms with Crippen molar-refractivity contribution in [3.63, 3.8) is 0 Å². The maximum absolute atomic E-state index is 8.88. The lowest BCUT2D eigenvalue weighted by atomic mass is 9.93. The van der Waals surface area contributed by atoms with Crippen LogP contribution in [0.5, 0.6) is 0 Å². The van der Waals surface area contributed by atoms with Crippen LogP contribution in [0.15, 0.2) is 66.7 Å². The summed E-state index contributed by atoms with van der Waals surface area (Å²) in [5, 5.41) is 11.3. The Hall–Kier alpha value is -2.16. The van der Waals surface area contributed by atoms with Crippen molar-refractivity contribution >= 4 is 10.8 Å². The van der Waals surface area contributed by atoms with E-state index in [1.165, 1.54) is 21.9 Å². The molecule has 0 bridgehead atoms. The molecule has 0 amide bonds. The van der Waals surface area contributed by atoms with Crippen molar-refractivity contribution in [3.05, 3.63) is 72.3 Å². The molecule has 1 N–H and O–H groups in total. The molecule has 0 aromatic heterocycles. The Bertz CT molecular complexity index is 720. The summed E-state index contributed by atoms with van der Waals surface area (Å²) in [4.78, 5) is 0. The van der Waals surface area contributed by atoms with Gasteiger partial charge in [0.2, 0.25) is 0 Å². The van der Waals surface area contributed by atoms with Crippen LogP contribution < -0.4 is 0 Å². The van der Waals surface area contributed by atoms with Crippen LogP contribution in [-0.4, -0.2) is 18.3 Å². The maximum Gasteiger partial charge on any atom is 0.0724 e. The van der Waals surface area contributed by atoms with E-state index >= 15 is 0 Å². The number of hydrogen-bond donors (Lipinski definition) is 1. The highest BCUT2D eigenvalue weighted by Gasteiger charge is 2.09. The molecule has 2 heteroatoms. The molecule has 0 saturated carbocycles. The maximum atomic E-state index is 8.88. The number of fused-ring (bicyclic) bond motifs is 1. The standard InChI is InChI=1S/C19H18O2/c20-12-13-21-14-17-11-10-15-6-4-5-9-18(15)19(17)16-7-2-1-3-8-16/h1-11,20H,12-14H2. The van der Waals surface area contributed by atoms with E-state index in [0.29, 0.717) is 13.2 Å². The zero-order chi connectivity index (χ0) is 14.5. The average molecular weight is 278 g/mol. The van der Waals surface area contributed by atoms with Gasteiger partial charge in [-0.2, -0.15) is 0 Å². The van der Waals surface area contributed by atoms with Gasteiger partial charge in [-0.1, -0.05) is 66.7 Å². The molecule has 21 heavy (non-hydrogen) atoms. The van der Waals surface area contributed by atoms with E-state index in [1.807, 2.05) is 6.07 Å². The summed E-state index contributed by atoms with van der Waals surface area (Å²) in [5.74, 6) is 0. The fourth-order valence-electron chi connectivity index (χ4n) is 2.63. The van der Waals surface area contributed by atoms with Crippen molar-refractivity contribution in [1.29, 1.82) is 0 Å². The minimum Gasteiger partial charge on any atom is -0.394 e. The minimum atomic E-state index is 0.0499. The molecule has 106 valence electrons. The molecule has 0 fully saturated rings. The van der Waals surface area contributed by atoms with E-state index in [2.05, 4.69) is 60.7 Å². The molecule has 0 unspecified atom stereocenters. The quantitative estimate of drug-likeness (QED) is 0.714. The van der Waals surface area contributed by atoms with E-state index in [9.17, 15) is 0 Å². The first-order chi connectivity index (χ1) is 10.4. The largest absolute Gasteiger partial charge is 0.394 e. The van der Waals surface area contributed by atoms with Gasteiger partial charge < -0.3 is 9.84 Å². The van der Waals surface area contributed by atoms with E-state index in [-0.39, 0.29) is 6.61 Å². The van der Waals surface area contributed by atoms with Crippen LogP contribution in [0.4, 0.5) is 0 Å². The van der Waals surface area contributed by atoms with Gasteiger partial charge in [0, 0.05) is 0 Å². The average Bonchev–Trinajstić information content (AvgIpc) is 2.55. The normalized spacial score (nSPS) is 10.9. The molecule has 0 atom stereocenters. The predicted octanol–water partition coefficient (Wildman–Crippen LogP) is 4.02. The lowest BCUT2D eigenvalue weighted by molar-refractivity contribution is 0.0818. The van der Waals surface area contributed by atoms with Crippen LogP contribution in [-0.2, 0) is 11.3 Å². The van der Waals surface area contributed by atoms with Crippen LogP contribution in [0.1, 0.15) is 5.56 Å². The molecule has 2 nitrogen and oxygen atoms in total. The predicted molar refractivity (Wildman–Crippen MR) is 86.1 cm³/mol. The van der Waals surface area contributed by atoms with Crippen molar-refractivity contribution in [1.82, 2.24) is 0 Å². The molecule has 0 spiro atoms. The van der Waals surface area contributed by atoms with Crippen LogP contribution in [0.2, 0.25) is 0 Å². The molecule has 0 saturated heterocycles. The molecule has 0 aliphatic carbocycles. The van der Waals surface area contributed by atoms with Crippen molar-refractivity contribution in [3.8, 4) is 11.1 Å². The molecule has 0 heterocycles. The Morgan fingerprint density at radius 2 is 1.57 bits per heavy atom. The number of hydrogen-bond acceptors (Lipinski definition) is 2. The number of rotatable bonds is 5. The second-order valence-corrected chi connectivity index (χ2v) is 4.96. The number of aliphatic hydroxyl groups excluding tert-OH is 1. The van der Waals surface area contributed by atoms with E-state index in [4.69, 9.17) is 9.84 Å². The fraction of sp³-hybridized carbons (Fsp3) is 0.158. The van der Waals surface area contributed by atoms with Gasteiger partial charge in [0.1, 0.15) is 0 Å². The monoisotopic (exact) mass is 278 g/mol. The summed E-state index contributed by atoms with van der Waals surface area (Å²) in [6.45, 7) is 0.922. The zero-order valence-electron chi connectivity index (χ0n) is 11.8. The molecule has 0 radical (unpaired) electrons. The van der Waals surface area contributed by atoms with Gasteiger partial charge in [0.15, 0.2) is 0 Å². The lowest BCUT2D eigenvalue weighted by Crippen LogP contribution is -2.01. The molecular formula is C19H18O2. The Labute approximate surface area is 124 Å². The van der Waals surface area contributed by atoms with Gasteiger partial charge in [0.05, 0.1) is 19.8 Å². The lowest BCUT2D eigenvalue weighted by Gasteiger charge is -2.14. The highest BCUT2D eigenvalue weighted by atomic mass is 16.5. The second kappa shape index (κ2) is 6.53. The first-order valence-electron chi connectivity index (χ1n) is 7.15. The minimum absolute atomic E-state index is 0.0499. The third-order valence-electron chi connectivity index (χ3n) is 3.57. The van der Waals surface area contributed by atoms with Crippen LogP contribution in [0.3, 0.4) is 0 Å². The summed E-state index contributed by atoms with van der Waals surface area (Å²) >= 11 is 0. The summed E-state index contributed by atoms with van der Waals surface area (Å²) in [6.07, 6.45) is 0. The van der Waals surface area contributed by atoms with Crippen LogP contribution in [0, 0.1) is 0 Å². The molecule has 3 rings (SSSR count). The van der Waals surface area contributed by atoms with Crippen LogP contribution >= 0.6 is 0 Å². The number of benzene rings is 3. The zero-order valence-corrected chi connectivity index (χ0v) is 11.8. The van der Waals surface area contributed by atoms with E-state index in [1.54, 1.807) is 0 Å². The van der Waals surface area contributed by atoms with Crippen molar-refractivity contribution in [2.75, 3.05) is 13.2 Å². The van der Waals surface area contributed by atoms with Crippen molar-refractivity contribution in [2.45, 2.75) is 6.61 Å². The Kier molecular flexibility index (Phi) is 4.29. The molecule has 3 aromatic carbocycles. The van der Waals surface area contributed by atoms with Gasteiger partial charge in [-0.25, -0.2) is 0 Å². The first kappa shape index (κ1) is 13.8. The fourth-order valence-corrected chi connectivity index (χ4v) is 2.63. The second-order valence-electron chi connectivity index (χ2n) is 4.96. The van der Waals surface area contributed by atoms with Gasteiger partial charge in [-0.15, -0.1) is 0 Å². The molecule has 0 aliphatic heterocycles. The SMILES string of the molecule is OCCOCc1ccc2ccccc2c1-c1ccccc1. The highest BCUT2D eigenvalue weighted by Crippen LogP contribution is 2.32. The molecule has 3 aromatic rings. The van der Waals surface area contributed by atoms with E-state index in [0.717, 1.165) is 5.56 Å². The summed E-state index contributed by atoms with van der Waals surface area (Å²) in [5.41, 5.74) is 3.55. The summed E-state index contributed by atoms with van der Waals surface area (Å²) in [7, 11) is 0. The van der Waals surface area contributed by atoms with Gasteiger partial charge in [-0.05, 0) is 27.5 Å². The van der Waals surface area contributed by atoms with Gasteiger partial charge >= 0.3 is 0 Å². The summed E-state index contributed by atoms with van der Waals surface area (Å²) in [6, 6.07) is 23.0. The number of aliphatic hydroxyl groups is 1. The summed E-state index contributed by atoms with van der Waals surface area (Å²) < 4.78 is 5.53. The van der Waals surface area contributed by atoms with Gasteiger partial charge in [0.25, 0.3) is 0 Å². The molecule has 0 aliphatic rings. The van der Waals surface area contributed by atoms with Crippen molar-refractivity contribution in [2.24, 2.45) is 0 Å². The topological polar surface area (TPSA) is 29.5 Å². The third kappa shape index (κ3) is 2.97. The van der Waals surface area contributed by atoms with E-state index < -0.39 is 0 Å². The number of ether oxygens (including phenoxy) is 1. The Morgan fingerprint density at radius 1 is 0.810 bits per heavy atom. The highest BCUT2D eigenvalue weighted by molar-refractivity contribution is 5.98. The van der Waals surface area contributed by atoms with Crippen LogP contribution in [0.25, 0.3) is 21.9 Å². The Morgan fingerprint density at radius 3 is 2.38 bits per heavy atom. The smallest absolute Gasteiger partial charge is 0.0724 e. The third-order valence-corrected chi connectivity index (χ3v) is 3.57. The Balaban J connectivity index is 2.13. The van der Waals surface area contributed by atoms with Crippen molar-refractivity contribution < 1.29 is 9.84 Å².